The van der Waals surface area contributed by atoms with Gasteiger partial charge in [0, 0.05) is 16.8 Å². The molecule has 1 aromatic heterocycles. The van der Waals surface area contributed by atoms with Gasteiger partial charge in [-0.2, -0.15) is 0 Å². The molecule has 1 aromatic rings. The van der Waals surface area contributed by atoms with E-state index in [0.717, 1.165) is 17.8 Å². The maximum absolute atomic E-state index is 3.72. The molecule has 1 nitrogen and oxygen atoms in total. The van der Waals surface area contributed by atoms with Crippen LogP contribution in [-0.4, -0.2) is 13.1 Å². The highest BCUT2D eigenvalue weighted by atomic mass is 32.1. The molecule has 0 bridgehead atoms. The van der Waals surface area contributed by atoms with Crippen molar-refractivity contribution in [2.75, 3.05) is 7.05 Å². The quantitative estimate of drug-likeness (QED) is 0.825. The van der Waals surface area contributed by atoms with Crippen LogP contribution in [0, 0.1) is 11.8 Å². The molecule has 0 aromatic carbocycles. The van der Waals surface area contributed by atoms with Crippen molar-refractivity contribution in [3.63, 3.8) is 0 Å². The van der Waals surface area contributed by atoms with Crippen molar-refractivity contribution in [1.29, 1.82) is 0 Å². The van der Waals surface area contributed by atoms with Crippen LogP contribution in [0.3, 0.4) is 0 Å². The summed E-state index contributed by atoms with van der Waals surface area (Å²) >= 11 is 1.98. The number of thiophene rings is 1. The summed E-state index contributed by atoms with van der Waals surface area (Å²) < 4.78 is 0. The predicted molar refractivity (Wildman–Crippen MR) is 88.6 cm³/mol. The summed E-state index contributed by atoms with van der Waals surface area (Å²) in [7, 11) is 2.20. The van der Waals surface area contributed by atoms with Gasteiger partial charge in [-0.15, -0.1) is 11.3 Å². The highest BCUT2D eigenvalue weighted by molar-refractivity contribution is 7.10. The number of rotatable bonds is 4. The van der Waals surface area contributed by atoms with Crippen LogP contribution in [0.25, 0.3) is 0 Å². The Hall–Kier alpha value is -0.340. The van der Waals surface area contributed by atoms with E-state index in [1.54, 1.807) is 10.4 Å². The van der Waals surface area contributed by atoms with Crippen LogP contribution in [0.2, 0.25) is 0 Å². The van der Waals surface area contributed by atoms with E-state index < -0.39 is 0 Å². The lowest BCUT2D eigenvalue weighted by Gasteiger charge is -2.40. The van der Waals surface area contributed by atoms with Crippen LogP contribution in [0.1, 0.15) is 68.2 Å². The average molecular weight is 292 g/mol. The van der Waals surface area contributed by atoms with Crippen LogP contribution in [0.4, 0.5) is 0 Å². The van der Waals surface area contributed by atoms with E-state index in [0.29, 0.717) is 6.04 Å². The molecule has 0 aliphatic heterocycles. The second kappa shape index (κ2) is 6.62. The zero-order valence-electron chi connectivity index (χ0n) is 13.0. The van der Waals surface area contributed by atoms with Gasteiger partial charge in [0.05, 0.1) is 0 Å². The molecular formula is C18H29NS. The van der Waals surface area contributed by atoms with Gasteiger partial charge in [0.2, 0.25) is 0 Å². The molecule has 1 fully saturated rings. The number of hydrogen-bond donors (Lipinski definition) is 1. The van der Waals surface area contributed by atoms with Crippen LogP contribution in [-0.2, 0) is 6.42 Å². The van der Waals surface area contributed by atoms with E-state index in [-0.39, 0.29) is 0 Å². The van der Waals surface area contributed by atoms with E-state index in [4.69, 9.17) is 0 Å². The third-order valence-corrected chi connectivity index (χ3v) is 6.77. The molecule has 2 heteroatoms. The predicted octanol–water partition coefficient (Wildman–Crippen LogP) is 4.97. The largest absolute Gasteiger partial charge is 0.316 e. The second-order valence-corrected chi connectivity index (χ2v) is 7.81. The summed E-state index contributed by atoms with van der Waals surface area (Å²) in [4.78, 5) is 1.67. The van der Waals surface area contributed by atoms with E-state index in [1.807, 2.05) is 11.3 Å². The van der Waals surface area contributed by atoms with Gasteiger partial charge in [-0.05, 0) is 68.0 Å². The fraction of sp³-hybridized carbons (Fsp3) is 0.778. The lowest BCUT2D eigenvalue weighted by atomic mass is 9.70. The maximum atomic E-state index is 3.72. The number of nitrogens with one attached hydrogen (secondary N) is 1. The lowest BCUT2D eigenvalue weighted by molar-refractivity contribution is 0.189. The Morgan fingerprint density at radius 1 is 1.30 bits per heavy atom. The molecule has 0 saturated heterocycles. The van der Waals surface area contributed by atoms with Crippen molar-refractivity contribution in [3.05, 3.63) is 21.9 Å². The van der Waals surface area contributed by atoms with Gasteiger partial charge in [-0.3, -0.25) is 0 Å². The Bertz CT molecular complexity index is 425. The number of fused-ring (bicyclic) bond motifs is 1. The Morgan fingerprint density at radius 3 is 3.00 bits per heavy atom. The standard InChI is InChI=1S/C18H29NS/c1-3-13-6-4-7-14(12-13)18(19-2)16-8-5-9-17-15(16)10-11-20-17/h10-11,13-14,16,18-19H,3-9,12H2,1-2H3. The molecule has 2 aliphatic carbocycles. The van der Waals surface area contributed by atoms with Crippen molar-refractivity contribution >= 4 is 11.3 Å². The smallest absolute Gasteiger partial charge is 0.0161 e. The van der Waals surface area contributed by atoms with Crippen molar-refractivity contribution < 1.29 is 0 Å². The summed E-state index contributed by atoms with van der Waals surface area (Å²) in [5, 5.41) is 6.03. The zero-order chi connectivity index (χ0) is 13.9. The fourth-order valence-corrected chi connectivity index (χ4v) is 5.69. The molecule has 3 rings (SSSR count). The molecule has 112 valence electrons. The number of hydrogen-bond acceptors (Lipinski definition) is 2. The Balaban J connectivity index is 1.77. The van der Waals surface area contributed by atoms with Gasteiger partial charge in [0.1, 0.15) is 0 Å². The van der Waals surface area contributed by atoms with Gasteiger partial charge >= 0.3 is 0 Å². The molecule has 20 heavy (non-hydrogen) atoms. The summed E-state index contributed by atoms with van der Waals surface area (Å²) in [6.45, 7) is 2.37. The number of likely N-dealkylation sites (N-methyl/N-ethyl adjacent to an activating group) is 1. The first-order valence-electron chi connectivity index (χ1n) is 8.57. The maximum Gasteiger partial charge on any atom is 0.0161 e. The molecule has 1 heterocycles. The van der Waals surface area contributed by atoms with Gasteiger partial charge in [0.15, 0.2) is 0 Å². The van der Waals surface area contributed by atoms with Crippen LogP contribution < -0.4 is 5.32 Å². The van der Waals surface area contributed by atoms with E-state index in [2.05, 4.69) is 30.7 Å². The molecule has 0 spiro atoms. The summed E-state index contributed by atoms with van der Waals surface area (Å²) in [6.07, 6.45) is 11.3. The van der Waals surface area contributed by atoms with E-state index >= 15 is 0 Å². The minimum atomic E-state index is 0.706. The molecular weight excluding hydrogens is 262 g/mol. The molecule has 0 radical (unpaired) electrons. The second-order valence-electron chi connectivity index (χ2n) is 6.81. The monoisotopic (exact) mass is 291 g/mol. The molecule has 1 saturated carbocycles. The first kappa shape index (κ1) is 14.6. The van der Waals surface area contributed by atoms with E-state index in [9.17, 15) is 0 Å². The average Bonchev–Trinajstić information content (AvgIpc) is 2.97. The molecule has 4 unspecified atom stereocenters. The first-order chi connectivity index (χ1) is 9.83. The van der Waals surface area contributed by atoms with Gasteiger partial charge in [-0.1, -0.05) is 26.2 Å². The topological polar surface area (TPSA) is 12.0 Å². The lowest BCUT2D eigenvalue weighted by Crippen LogP contribution is -2.42. The zero-order valence-corrected chi connectivity index (χ0v) is 13.8. The summed E-state index contributed by atoms with van der Waals surface area (Å²) in [6, 6.07) is 3.12. The minimum Gasteiger partial charge on any atom is -0.316 e. The Morgan fingerprint density at radius 2 is 2.20 bits per heavy atom. The van der Waals surface area contributed by atoms with Crippen molar-refractivity contribution in [3.8, 4) is 0 Å². The molecule has 2 aliphatic rings. The summed E-state index contributed by atoms with van der Waals surface area (Å²) in [5.74, 6) is 2.65. The Kier molecular flexibility index (Phi) is 4.83. The molecule has 4 atom stereocenters. The van der Waals surface area contributed by atoms with Crippen LogP contribution in [0.5, 0.6) is 0 Å². The van der Waals surface area contributed by atoms with Crippen molar-refractivity contribution in [2.24, 2.45) is 11.8 Å². The van der Waals surface area contributed by atoms with Crippen molar-refractivity contribution in [2.45, 2.75) is 70.3 Å². The molecule has 0 amide bonds. The highest BCUT2D eigenvalue weighted by Crippen LogP contribution is 2.43. The van der Waals surface area contributed by atoms with Crippen LogP contribution in [0.15, 0.2) is 11.4 Å². The number of aryl methyl sites for hydroxylation is 1. The van der Waals surface area contributed by atoms with Gasteiger partial charge < -0.3 is 5.32 Å². The molecule has 1 N–H and O–H groups in total. The minimum absolute atomic E-state index is 0.706. The van der Waals surface area contributed by atoms with Crippen LogP contribution >= 0.6 is 11.3 Å². The SMILES string of the molecule is CCC1CCCC(C(NC)C2CCCc3sccc32)C1. The fourth-order valence-electron chi connectivity index (χ4n) is 4.69. The highest BCUT2D eigenvalue weighted by Gasteiger charge is 2.35. The van der Waals surface area contributed by atoms with Gasteiger partial charge in [-0.25, -0.2) is 0 Å². The van der Waals surface area contributed by atoms with Gasteiger partial charge in [0.25, 0.3) is 0 Å². The third-order valence-electron chi connectivity index (χ3n) is 5.77. The van der Waals surface area contributed by atoms with Crippen molar-refractivity contribution in [1.82, 2.24) is 5.32 Å². The van der Waals surface area contributed by atoms with E-state index in [1.165, 1.54) is 51.4 Å². The Labute approximate surface area is 128 Å². The normalized spacial score (nSPS) is 31.8. The first-order valence-corrected chi connectivity index (χ1v) is 9.45. The summed E-state index contributed by atoms with van der Waals surface area (Å²) in [5.41, 5.74) is 1.68. The third kappa shape index (κ3) is 2.82.